The molecule has 17 heavy (non-hydrogen) atoms. The van der Waals surface area contributed by atoms with E-state index in [2.05, 4.69) is 19.7 Å². The zero-order valence-electron chi connectivity index (χ0n) is 9.16. The van der Waals surface area contributed by atoms with Crippen LogP contribution in [-0.2, 0) is 31.5 Å². The maximum absolute atomic E-state index is 9.14. The van der Waals surface area contributed by atoms with Crippen molar-refractivity contribution in [2.75, 3.05) is 0 Å². The van der Waals surface area contributed by atoms with E-state index in [1.165, 1.54) is 0 Å². The van der Waals surface area contributed by atoms with Gasteiger partial charge in [-0.2, -0.15) is 0 Å². The Morgan fingerprint density at radius 2 is 0.765 bits per heavy atom. The quantitative estimate of drug-likeness (QED) is 0.377. The minimum Gasteiger partial charge on any atom is -0.545 e. The molecule has 0 unspecified atom stereocenters. The van der Waals surface area contributed by atoms with Crippen LogP contribution in [0.5, 0.6) is 0 Å². The normalized spacial score (nSPS) is 5.65. The zero-order valence-corrected chi connectivity index (χ0v) is 12.3. The van der Waals surface area contributed by atoms with Crippen molar-refractivity contribution in [1.82, 2.24) is 0 Å². The van der Waals surface area contributed by atoms with Crippen LogP contribution in [0.15, 0.2) is 38.0 Å². The number of aliphatic carboxylic acids is 3. The minimum atomic E-state index is -1.23. The van der Waals surface area contributed by atoms with Crippen LogP contribution in [0.3, 0.4) is 0 Å². The Morgan fingerprint density at radius 1 is 0.706 bits per heavy atom. The SMILES string of the molecule is C=CC(=O)[O-].C=CC(=O)[O-].C=CC(=O)[O-].[Fe+2].[Na+]. The van der Waals surface area contributed by atoms with E-state index in [4.69, 9.17) is 29.7 Å². The number of carbonyl (C=O) groups is 3. The Bertz CT molecular complexity index is 221. The van der Waals surface area contributed by atoms with E-state index in [0.29, 0.717) is 0 Å². The summed E-state index contributed by atoms with van der Waals surface area (Å²) in [6.45, 7) is 8.69. The van der Waals surface area contributed by atoms with Gasteiger partial charge in [-0.3, -0.25) is 0 Å². The van der Waals surface area contributed by atoms with Crippen molar-refractivity contribution in [1.29, 1.82) is 0 Å². The first kappa shape index (κ1) is 29.8. The third kappa shape index (κ3) is 98.8. The van der Waals surface area contributed by atoms with Gasteiger partial charge in [0.1, 0.15) is 0 Å². The molecule has 0 heterocycles. The molecule has 8 heteroatoms. The largest absolute Gasteiger partial charge is 2.00 e. The molecule has 0 N–H and O–H groups in total. The summed E-state index contributed by atoms with van der Waals surface area (Å²) in [5, 5.41) is 27.4. The zero-order chi connectivity index (χ0) is 12.9. The Hall–Kier alpha value is -0.851. The van der Waals surface area contributed by atoms with E-state index in [1.807, 2.05) is 0 Å². The molecule has 0 amide bonds. The molecule has 0 aliphatic carbocycles. The topological polar surface area (TPSA) is 120 Å². The molecule has 0 aliphatic rings. The standard InChI is InChI=1S/3C3H4O2.Fe.Na/c3*1-2-3(4)5;;/h3*2H,1H2,(H,4,5);;/q;;;+2;+1/p-3. The average Bonchev–Trinajstić information content (AvgIpc) is 2.19. The van der Waals surface area contributed by atoms with Gasteiger partial charge in [-0.25, -0.2) is 0 Å². The second-order valence-corrected chi connectivity index (χ2v) is 1.57. The molecule has 6 nitrogen and oxygen atoms in total. The fourth-order valence-electron chi connectivity index (χ4n) is 0. The van der Waals surface area contributed by atoms with Gasteiger partial charge in [0, 0.05) is 0 Å². The fourth-order valence-corrected chi connectivity index (χ4v) is 0. The van der Waals surface area contributed by atoms with Crippen LogP contribution in [-0.4, -0.2) is 17.9 Å². The van der Waals surface area contributed by atoms with Crippen LogP contribution in [0.25, 0.3) is 0 Å². The second kappa shape index (κ2) is 24.4. The maximum Gasteiger partial charge on any atom is 2.00 e. The third-order valence-corrected chi connectivity index (χ3v) is 0.500. The molecular formula is C9H9FeNaO6. The molecule has 0 radical (unpaired) electrons. The molecule has 0 rings (SSSR count). The van der Waals surface area contributed by atoms with Crippen LogP contribution in [0, 0.1) is 0 Å². The molecule has 0 saturated carbocycles. The van der Waals surface area contributed by atoms with Crippen molar-refractivity contribution in [3.63, 3.8) is 0 Å². The first-order valence-corrected chi connectivity index (χ1v) is 3.32. The predicted molar refractivity (Wildman–Crippen MR) is 45.6 cm³/mol. The number of hydrogen-bond acceptors (Lipinski definition) is 6. The molecule has 0 saturated heterocycles. The number of carboxylic acid groups (broad SMARTS) is 3. The summed E-state index contributed by atoms with van der Waals surface area (Å²) in [5.41, 5.74) is 0. The smallest absolute Gasteiger partial charge is 0.545 e. The molecule has 0 aliphatic heterocycles. The van der Waals surface area contributed by atoms with Gasteiger partial charge >= 0.3 is 46.6 Å². The van der Waals surface area contributed by atoms with Crippen molar-refractivity contribution >= 4 is 17.9 Å². The molecule has 90 valence electrons. The van der Waals surface area contributed by atoms with Gasteiger partial charge in [0.2, 0.25) is 0 Å². The summed E-state index contributed by atoms with van der Waals surface area (Å²) in [6.07, 6.45) is 2.17. The van der Waals surface area contributed by atoms with E-state index < -0.39 is 17.9 Å². The van der Waals surface area contributed by atoms with Crippen LogP contribution in [0.1, 0.15) is 0 Å². The van der Waals surface area contributed by atoms with Gasteiger partial charge in [-0.1, -0.05) is 19.7 Å². The first-order valence-electron chi connectivity index (χ1n) is 3.32. The predicted octanol–water partition coefficient (Wildman–Crippen LogP) is -6.23. The monoisotopic (exact) mass is 292 g/mol. The van der Waals surface area contributed by atoms with Crippen molar-refractivity contribution in [2.24, 2.45) is 0 Å². The molecule has 0 atom stereocenters. The molecule has 0 bridgehead atoms. The van der Waals surface area contributed by atoms with Crippen molar-refractivity contribution in [3.05, 3.63) is 38.0 Å². The maximum atomic E-state index is 9.14. The molecular weight excluding hydrogens is 283 g/mol. The Kier molecular flexibility index (Phi) is 42.8. The van der Waals surface area contributed by atoms with Gasteiger partial charge in [0.25, 0.3) is 0 Å². The molecule has 0 spiro atoms. The summed E-state index contributed by atoms with van der Waals surface area (Å²) in [4.78, 5) is 27.4. The number of rotatable bonds is 3. The first-order chi connectivity index (χ1) is 6.81. The summed E-state index contributed by atoms with van der Waals surface area (Å²) in [5.74, 6) is -3.69. The second-order valence-electron chi connectivity index (χ2n) is 1.57. The van der Waals surface area contributed by atoms with Crippen molar-refractivity contribution in [2.45, 2.75) is 0 Å². The Morgan fingerprint density at radius 3 is 0.765 bits per heavy atom. The molecule has 0 fully saturated rings. The van der Waals surface area contributed by atoms with E-state index in [-0.39, 0.29) is 46.6 Å². The van der Waals surface area contributed by atoms with Crippen LogP contribution < -0.4 is 44.9 Å². The van der Waals surface area contributed by atoms with Gasteiger partial charge in [-0.05, 0) is 18.2 Å². The Labute approximate surface area is 131 Å². The van der Waals surface area contributed by atoms with Gasteiger partial charge < -0.3 is 29.7 Å². The fraction of sp³-hybridized carbons (Fsp3) is 0. The van der Waals surface area contributed by atoms with Crippen LogP contribution >= 0.6 is 0 Å². The van der Waals surface area contributed by atoms with Gasteiger partial charge in [-0.15, -0.1) is 0 Å². The molecule has 0 aromatic carbocycles. The van der Waals surface area contributed by atoms with E-state index in [9.17, 15) is 0 Å². The third-order valence-electron chi connectivity index (χ3n) is 0.500. The van der Waals surface area contributed by atoms with Crippen molar-refractivity contribution < 1.29 is 76.3 Å². The number of hydrogen-bond donors (Lipinski definition) is 0. The molecule has 0 aromatic rings. The van der Waals surface area contributed by atoms with E-state index in [1.54, 1.807) is 0 Å². The van der Waals surface area contributed by atoms with E-state index in [0.717, 1.165) is 18.2 Å². The van der Waals surface area contributed by atoms with Gasteiger partial charge in [0.15, 0.2) is 0 Å². The van der Waals surface area contributed by atoms with Crippen LogP contribution in [0.4, 0.5) is 0 Å². The summed E-state index contributed by atoms with van der Waals surface area (Å²) < 4.78 is 0. The summed E-state index contributed by atoms with van der Waals surface area (Å²) >= 11 is 0. The van der Waals surface area contributed by atoms with Gasteiger partial charge in [0.05, 0.1) is 17.9 Å². The Balaban J connectivity index is -0.0000000400. The summed E-state index contributed by atoms with van der Waals surface area (Å²) in [6, 6.07) is 0. The van der Waals surface area contributed by atoms with E-state index >= 15 is 0 Å². The summed E-state index contributed by atoms with van der Waals surface area (Å²) in [7, 11) is 0. The average molecular weight is 292 g/mol. The molecule has 0 aromatic heterocycles. The minimum absolute atomic E-state index is 0. The van der Waals surface area contributed by atoms with Crippen molar-refractivity contribution in [3.8, 4) is 0 Å². The number of carboxylic acids is 3. The van der Waals surface area contributed by atoms with Crippen LogP contribution in [0.2, 0.25) is 0 Å². The number of carbonyl (C=O) groups excluding carboxylic acids is 3.